The van der Waals surface area contributed by atoms with Crippen LogP contribution in [0.25, 0.3) is 21.8 Å². The van der Waals surface area contributed by atoms with E-state index >= 15 is 0 Å². The van der Waals surface area contributed by atoms with Crippen LogP contribution in [0.4, 0.5) is 0 Å². The number of aromatic nitrogens is 1. The summed E-state index contributed by atoms with van der Waals surface area (Å²) in [5, 5.41) is 1.86. The second-order valence-electron chi connectivity index (χ2n) is 6.89. The Kier molecular flexibility index (Phi) is 4.00. The molecule has 4 aromatic rings. The first-order valence-electron chi connectivity index (χ1n) is 8.83. The fraction of sp³-hybridized carbons (Fsp3) is 0.174. The predicted octanol–water partition coefficient (Wildman–Crippen LogP) is 4.55. The highest BCUT2D eigenvalue weighted by Crippen LogP contribution is 2.32. The van der Waals surface area contributed by atoms with Gasteiger partial charge in [0, 0.05) is 28.4 Å². The minimum absolute atomic E-state index is 0.401. The molecule has 3 heteroatoms. The zero-order valence-corrected chi connectivity index (χ0v) is 15.0. The summed E-state index contributed by atoms with van der Waals surface area (Å²) in [6, 6.07) is 21.8. The van der Waals surface area contributed by atoms with Crippen LogP contribution in [-0.4, -0.2) is 10.5 Å². The van der Waals surface area contributed by atoms with Gasteiger partial charge in [0.15, 0.2) is 0 Å². The van der Waals surface area contributed by atoms with Crippen molar-refractivity contribution in [1.29, 1.82) is 0 Å². The van der Waals surface area contributed by atoms with E-state index in [0.29, 0.717) is 5.56 Å². The standard InChI is InChI=1S/C23H21N2O/c1-15-5-3-6-17(13-15)11-12-25-20-8-4-7-19(23(24)26)22(20)18-10-9-16(2)14-21(18)25/h3-9,13-14H,11-12H2,1-2H3,(H2,24,26). The van der Waals surface area contributed by atoms with E-state index in [0.717, 1.165) is 40.3 Å². The third kappa shape index (κ3) is 2.76. The maximum atomic E-state index is 12.0. The van der Waals surface area contributed by atoms with Crippen molar-refractivity contribution in [2.24, 2.45) is 5.73 Å². The molecule has 3 aromatic carbocycles. The molecule has 0 aliphatic carbocycles. The molecule has 0 fully saturated rings. The number of amides is 1. The summed E-state index contributed by atoms with van der Waals surface area (Å²) < 4.78 is 2.28. The quantitative estimate of drug-likeness (QED) is 0.581. The fourth-order valence-corrected chi connectivity index (χ4v) is 3.71. The van der Waals surface area contributed by atoms with Crippen LogP contribution in [0.3, 0.4) is 0 Å². The van der Waals surface area contributed by atoms with Crippen LogP contribution in [0.5, 0.6) is 0 Å². The number of benzene rings is 3. The summed E-state index contributed by atoms with van der Waals surface area (Å²) in [5.74, 6) is -0.401. The van der Waals surface area contributed by atoms with Crippen molar-refractivity contribution >= 4 is 27.7 Å². The van der Waals surface area contributed by atoms with E-state index in [1.807, 2.05) is 12.1 Å². The van der Waals surface area contributed by atoms with Crippen molar-refractivity contribution < 1.29 is 4.79 Å². The van der Waals surface area contributed by atoms with Gasteiger partial charge in [-0.05, 0) is 55.7 Å². The molecule has 26 heavy (non-hydrogen) atoms. The molecule has 2 N–H and O–H groups in total. The van der Waals surface area contributed by atoms with Crippen molar-refractivity contribution in [3.63, 3.8) is 0 Å². The average molecular weight is 341 g/mol. The molecule has 1 radical (unpaired) electrons. The molecule has 0 aliphatic heterocycles. The minimum Gasteiger partial charge on any atom is -0.366 e. The monoisotopic (exact) mass is 341 g/mol. The number of nitrogens with zero attached hydrogens (tertiary/aromatic N) is 1. The van der Waals surface area contributed by atoms with Crippen LogP contribution >= 0.6 is 0 Å². The van der Waals surface area contributed by atoms with Gasteiger partial charge in [0.1, 0.15) is 0 Å². The highest BCUT2D eigenvalue weighted by atomic mass is 16.1. The molecule has 1 amide bonds. The molecule has 4 rings (SSSR count). The highest BCUT2D eigenvalue weighted by molar-refractivity contribution is 6.17. The van der Waals surface area contributed by atoms with Crippen molar-refractivity contribution in [3.8, 4) is 0 Å². The normalized spacial score (nSPS) is 11.3. The Hall–Kier alpha value is -3.07. The Labute approximate surface area is 153 Å². The number of rotatable bonds is 4. The van der Waals surface area contributed by atoms with Crippen LogP contribution in [-0.2, 0) is 13.0 Å². The molecule has 1 aromatic heterocycles. The van der Waals surface area contributed by atoms with Gasteiger partial charge in [-0.1, -0.05) is 42.0 Å². The summed E-state index contributed by atoms with van der Waals surface area (Å²) in [6.07, 6.45) is 0.926. The van der Waals surface area contributed by atoms with Crippen LogP contribution < -0.4 is 5.73 Å². The Morgan fingerprint density at radius 1 is 1.04 bits per heavy atom. The molecular weight excluding hydrogens is 320 g/mol. The molecule has 0 unspecified atom stereocenters. The lowest BCUT2D eigenvalue weighted by atomic mass is 10.1. The largest absolute Gasteiger partial charge is 0.366 e. The summed E-state index contributed by atoms with van der Waals surface area (Å²) in [6.45, 7) is 5.01. The Balaban J connectivity index is 1.90. The summed E-state index contributed by atoms with van der Waals surface area (Å²) in [7, 11) is 0. The second kappa shape index (κ2) is 6.34. The first kappa shape index (κ1) is 16.4. The highest BCUT2D eigenvalue weighted by Gasteiger charge is 2.16. The van der Waals surface area contributed by atoms with Crippen LogP contribution in [0.2, 0.25) is 0 Å². The van der Waals surface area contributed by atoms with E-state index in [1.54, 1.807) is 6.07 Å². The number of hydrogen-bond donors (Lipinski definition) is 1. The van der Waals surface area contributed by atoms with E-state index in [-0.39, 0.29) is 0 Å². The van der Waals surface area contributed by atoms with Crippen LogP contribution in [0.1, 0.15) is 27.0 Å². The van der Waals surface area contributed by atoms with Crippen LogP contribution in [0, 0.1) is 19.9 Å². The lowest BCUT2D eigenvalue weighted by molar-refractivity contribution is 0.100. The average Bonchev–Trinajstić information content (AvgIpc) is 2.92. The molecule has 0 bridgehead atoms. The van der Waals surface area contributed by atoms with Gasteiger partial charge in [-0.2, -0.15) is 0 Å². The van der Waals surface area contributed by atoms with Crippen molar-refractivity contribution in [2.75, 3.05) is 0 Å². The van der Waals surface area contributed by atoms with Gasteiger partial charge in [0.05, 0.1) is 5.52 Å². The van der Waals surface area contributed by atoms with Crippen molar-refractivity contribution in [2.45, 2.75) is 26.8 Å². The summed E-state index contributed by atoms with van der Waals surface area (Å²) in [5.41, 5.74) is 12.0. The van der Waals surface area contributed by atoms with Crippen LogP contribution in [0.15, 0.2) is 54.6 Å². The predicted molar refractivity (Wildman–Crippen MR) is 106 cm³/mol. The maximum absolute atomic E-state index is 12.0. The number of nitrogens with two attached hydrogens (primary N) is 1. The minimum atomic E-state index is -0.401. The maximum Gasteiger partial charge on any atom is 0.249 e. The number of hydrogen-bond acceptors (Lipinski definition) is 1. The van der Waals surface area contributed by atoms with Gasteiger partial charge in [-0.3, -0.25) is 4.79 Å². The molecule has 1 heterocycles. The molecule has 0 saturated heterocycles. The Bertz CT molecular complexity index is 1140. The molecule has 129 valence electrons. The van der Waals surface area contributed by atoms with Gasteiger partial charge in [0.25, 0.3) is 0 Å². The summed E-state index contributed by atoms with van der Waals surface area (Å²) in [4.78, 5) is 12.0. The number of carbonyl (C=O) groups excluding carboxylic acids is 1. The van der Waals surface area contributed by atoms with Gasteiger partial charge in [0.2, 0.25) is 5.91 Å². The third-order valence-corrected chi connectivity index (χ3v) is 4.91. The van der Waals surface area contributed by atoms with Gasteiger partial charge in [-0.15, -0.1) is 0 Å². The Morgan fingerprint density at radius 3 is 2.62 bits per heavy atom. The molecule has 0 aliphatic rings. The topological polar surface area (TPSA) is 48.0 Å². The first-order chi connectivity index (χ1) is 12.5. The second-order valence-corrected chi connectivity index (χ2v) is 6.89. The smallest absolute Gasteiger partial charge is 0.249 e. The molecule has 0 atom stereocenters. The SMILES string of the molecule is Cc1cccc(CCn2c3cc(C)c[c]c3c3c(C(N)=O)cccc32)c1. The molecular formula is C23H21N2O. The zero-order chi connectivity index (χ0) is 18.3. The van der Waals surface area contributed by atoms with Crippen molar-refractivity contribution in [3.05, 3.63) is 82.9 Å². The zero-order valence-electron chi connectivity index (χ0n) is 15.0. The lowest BCUT2D eigenvalue weighted by Gasteiger charge is -2.09. The Morgan fingerprint density at radius 2 is 1.85 bits per heavy atom. The van der Waals surface area contributed by atoms with E-state index in [9.17, 15) is 4.79 Å². The van der Waals surface area contributed by atoms with Gasteiger partial charge in [-0.25, -0.2) is 0 Å². The first-order valence-corrected chi connectivity index (χ1v) is 8.83. The van der Waals surface area contributed by atoms with Gasteiger partial charge >= 0.3 is 0 Å². The van der Waals surface area contributed by atoms with E-state index < -0.39 is 5.91 Å². The number of primary amides is 1. The lowest BCUT2D eigenvalue weighted by Crippen LogP contribution is -2.11. The molecule has 0 saturated carbocycles. The van der Waals surface area contributed by atoms with E-state index in [2.05, 4.69) is 60.9 Å². The molecule has 0 spiro atoms. The summed E-state index contributed by atoms with van der Waals surface area (Å²) >= 11 is 0. The van der Waals surface area contributed by atoms with E-state index in [1.165, 1.54) is 11.1 Å². The van der Waals surface area contributed by atoms with Crippen molar-refractivity contribution in [1.82, 2.24) is 4.57 Å². The number of aryl methyl sites for hydroxylation is 4. The third-order valence-electron chi connectivity index (χ3n) is 4.91. The number of carbonyl (C=O) groups is 1. The van der Waals surface area contributed by atoms with E-state index in [4.69, 9.17) is 5.73 Å². The number of fused-ring (bicyclic) bond motifs is 3. The fourth-order valence-electron chi connectivity index (χ4n) is 3.71. The van der Waals surface area contributed by atoms with Gasteiger partial charge < -0.3 is 10.3 Å². The molecule has 3 nitrogen and oxygen atoms in total.